The van der Waals surface area contributed by atoms with Gasteiger partial charge in [0.05, 0.1) is 5.56 Å². The fourth-order valence-electron chi connectivity index (χ4n) is 1.32. The van der Waals surface area contributed by atoms with Crippen LogP contribution in [0.2, 0.25) is 0 Å². The summed E-state index contributed by atoms with van der Waals surface area (Å²) in [6.45, 7) is 0. The first-order valence-corrected chi connectivity index (χ1v) is 5.22. The van der Waals surface area contributed by atoms with Gasteiger partial charge in [0.15, 0.2) is 0 Å². The third kappa shape index (κ3) is 3.27. The highest BCUT2D eigenvalue weighted by molar-refractivity contribution is 6.03. The van der Waals surface area contributed by atoms with Gasteiger partial charge in [-0.1, -0.05) is 18.2 Å². The molecule has 0 fully saturated rings. The Balaban J connectivity index is 2.12. The first-order valence-electron chi connectivity index (χ1n) is 5.22. The Morgan fingerprint density at radius 2 is 1.63 bits per heavy atom. The Labute approximate surface area is 106 Å². The van der Waals surface area contributed by atoms with Crippen LogP contribution in [0.3, 0.4) is 0 Å². The molecule has 1 heterocycles. The molecule has 2 rings (SSSR count). The van der Waals surface area contributed by atoms with Gasteiger partial charge in [0.2, 0.25) is 5.82 Å². The van der Waals surface area contributed by atoms with Gasteiger partial charge in [0.1, 0.15) is 0 Å². The number of carbonyl (C=O) groups is 1. The van der Waals surface area contributed by atoms with Crippen molar-refractivity contribution in [1.82, 2.24) is 9.97 Å². The van der Waals surface area contributed by atoms with Gasteiger partial charge in [0.25, 0.3) is 5.91 Å². The zero-order chi connectivity index (χ0) is 13.9. The number of aromatic nitrogens is 2. The van der Waals surface area contributed by atoms with Crippen LogP contribution in [0.4, 0.5) is 18.9 Å². The highest BCUT2D eigenvalue weighted by Crippen LogP contribution is 2.25. The molecule has 1 aromatic carbocycles. The number of hydrogen-bond acceptors (Lipinski definition) is 3. The Hall–Kier alpha value is -2.44. The lowest BCUT2D eigenvalue weighted by molar-refractivity contribution is -0.145. The monoisotopic (exact) mass is 267 g/mol. The molecule has 0 aliphatic heterocycles. The van der Waals surface area contributed by atoms with Crippen molar-refractivity contribution in [2.75, 3.05) is 5.32 Å². The molecule has 0 aliphatic rings. The van der Waals surface area contributed by atoms with Gasteiger partial charge in [-0.2, -0.15) is 13.2 Å². The van der Waals surface area contributed by atoms with Gasteiger partial charge in [0, 0.05) is 18.1 Å². The minimum Gasteiger partial charge on any atom is -0.322 e. The maximum atomic E-state index is 12.2. The summed E-state index contributed by atoms with van der Waals surface area (Å²) in [5.41, 5.74) is 0.490. The largest absolute Gasteiger partial charge is 0.451 e. The molecule has 1 N–H and O–H groups in total. The third-order valence-electron chi connectivity index (χ3n) is 2.20. The number of hydrogen-bond donors (Lipinski definition) is 1. The third-order valence-corrected chi connectivity index (χ3v) is 2.20. The number of carbonyl (C=O) groups excluding carboxylic acids is 1. The second-order valence-corrected chi connectivity index (χ2v) is 3.61. The molecule has 0 saturated carbocycles. The van der Waals surface area contributed by atoms with Crippen molar-refractivity contribution < 1.29 is 18.0 Å². The van der Waals surface area contributed by atoms with Gasteiger partial charge in [-0.3, -0.25) is 4.79 Å². The van der Waals surface area contributed by atoms with Crippen LogP contribution in [-0.2, 0) is 6.18 Å². The average Bonchev–Trinajstić information content (AvgIpc) is 2.39. The first-order chi connectivity index (χ1) is 8.97. The smallest absolute Gasteiger partial charge is 0.322 e. The maximum absolute atomic E-state index is 12.2. The van der Waals surface area contributed by atoms with E-state index in [1.807, 2.05) is 0 Å². The molecule has 0 aliphatic carbocycles. The predicted molar refractivity (Wildman–Crippen MR) is 61.4 cm³/mol. The van der Waals surface area contributed by atoms with Gasteiger partial charge in [-0.05, 0) is 12.1 Å². The molecule has 1 aromatic heterocycles. The lowest BCUT2D eigenvalue weighted by Crippen LogP contribution is -2.15. The predicted octanol–water partition coefficient (Wildman–Crippen LogP) is 2.75. The second kappa shape index (κ2) is 5.05. The molecular weight excluding hydrogens is 259 g/mol. The maximum Gasteiger partial charge on any atom is 0.451 e. The number of alkyl halides is 3. The standard InChI is InChI=1S/C12H8F3N3O/c13-12(14,15)11-16-6-8(7-17-11)10(19)18-9-4-2-1-3-5-9/h1-7H,(H,18,19). The Morgan fingerprint density at radius 1 is 1.05 bits per heavy atom. The van der Waals surface area contributed by atoms with Gasteiger partial charge in [-0.15, -0.1) is 0 Å². The summed E-state index contributed by atoms with van der Waals surface area (Å²) in [4.78, 5) is 17.9. The summed E-state index contributed by atoms with van der Waals surface area (Å²) in [5, 5.41) is 2.52. The van der Waals surface area contributed by atoms with Crippen molar-refractivity contribution in [2.45, 2.75) is 6.18 Å². The zero-order valence-electron chi connectivity index (χ0n) is 9.48. The second-order valence-electron chi connectivity index (χ2n) is 3.61. The van der Waals surface area contributed by atoms with Crippen LogP contribution in [-0.4, -0.2) is 15.9 Å². The summed E-state index contributed by atoms with van der Waals surface area (Å²) in [5.74, 6) is -1.84. The number of anilines is 1. The van der Waals surface area contributed by atoms with E-state index in [1.54, 1.807) is 30.3 Å². The molecule has 1 amide bonds. The van der Waals surface area contributed by atoms with Crippen molar-refractivity contribution in [3.63, 3.8) is 0 Å². The van der Waals surface area contributed by atoms with Crippen molar-refractivity contribution in [2.24, 2.45) is 0 Å². The van der Waals surface area contributed by atoms with Crippen molar-refractivity contribution in [1.29, 1.82) is 0 Å². The highest BCUT2D eigenvalue weighted by atomic mass is 19.4. The molecule has 0 radical (unpaired) electrons. The lowest BCUT2D eigenvalue weighted by Gasteiger charge is -2.06. The molecule has 7 heteroatoms. The van der Waals surface area contributed by atoms with Crippen LogP contribution in [0.5, 0.6) is 0 Å². The van der Waals surface area contributed by atoms with Gasteiger partial charge in [-0.25, -0.2) is 9.97 Å². The van der Waals surface area contributed by atoms with E-state index in [-0.39, 0.29) is 5.56 Å². The minimum absolute atomic E-state index is 0.0446. The normalized spacial score (nSPS) is 11.1. The fraction of sp³-hybridized carbons (Fsp3) is 0.0833. The molecule has 19 heavy (non-hydrogen) atoms. The molecule has 0 unspecified atom stereocenters. The summed E-state index contributed by atoms with van der Waals surface area (Å²) >= 11 is 0. The summed E-state index contributed by atoms with van der Waals surface area (Å²) in [7, 11) is 0. The van der Waals surface area contributed by atoms with E-state index < -0.39 is 17.9 Å². The first kappa shape index (κ1) is 13.0. The number of nitrogens with zero attached hydrogens (tertiary/aromatic N) is 2. The number of rotatable bonds is 2. The highest BCUT2D eigenvalue weighted by Gasteiger charge is 2.34. The van der Waals surface area contributed by atoms with Crippen LogP contribution in [0.15, 0.2) is 42.7 Å². The number of benzene rings is 1. The van der Waals surface area contributed by atoms with E-state index in [4.69, 9.17) is 0 Å². The zero-order valence-corrected chi connectivity index (χ0v) is 9.48. The summed E-state index contributed by atoms with van der Waals surface area (Å²) < 4.78 is 36.7. The Kier molecular flexibility index (Phi) is 3.46. The van der Waals surface area contributed by atoms with Gasteiger partial charge < -0.3 is 5.32 Å². The number of para-hydroxylation sites is 1. The van der Waals surface area contributed by atoms with Crippen LogP contribution in [0, 0.1) is 0 Å². The van der Waals surface area contributed by atoms with E-state index in [1.165, 1.54) is 0 Å². The topological polar surface area (TPSA) is 54.9 Å². The van der Waals surface area contributed by atoms with Gasteiger partial charge >= 0.3 is 6.18 Å². The molecular formula is C12H8F3N3O. The quantitative estimate of drug-likeness (QED) is 0.910. The Bertz CT molecular complexity index is 567. The van der Waals surface area contributed by atoms with Crippen LogP contribution in [0.1, 0.15) is 16.2 Å². The molecule has 98 valence electrons. The summed E-state index contributed by atoms with van der Waals surface area (Å²) in [6, 6.07) is 8.53. The van der Waals surface area contributed by atoms with E-state index >= 15 is 0 Å². The number of amides is 1. The van der Waals surface area contributed by atoms with Crippen LogP contribution >= 0.6 is 0 Å². The molecule has 2 aromatic rings. The van der Waals surface area contributed by atoms with Crippen molar-refractivity contribution >= 4 is 11.6 Å². The van der Waals surface area contributed by atoms with Crippen molar-refractivity contribution in [3.05, 3.63) is 54.1 Å². The Morgan fingerprint density at radius 3 is 2.16 bits per heavy atom. The lowest BCUT2D eigenvalue weighted by atomic mass is 10.3. The summed E-state index contributed by atoms with van der Waals surface area (Å²) in [6.07, 6.45) is -2.93. The average molecular weight is 267 g/mol. The van der Waals surface area contributed by atoms with Crippen LogP contribution < -0.4 is 5.32 Å². The molecule has 0 spiro atoms. The fourth-order valence-corrected chi connectivity index (χ4v) is 1.32. The van der Waals surface area contributed by atoms with E-state index in [9.17, 15) is 18.0 Å². The van der Waals surface area contributed by atoms with Crippen molar-refractivity contribution in [3.8, 4) is 0 Å². The number of nitrogens with one attached hydrogen (secondary N) is 1. The van der Waals surface area contributed by atoms with E-state index in [2.05, 4.69) is 15.3 Å². The van der Waals surface area contributed by atoms with Crippen LogP contribution in [0.25, 0.3) is 0 Å². The minimum atomic E-state index is -4.62. The van der Waals surface area contributed by atoms with E-state index in [0.717, 1.165) is 12.4 Å². The molecule has 4 nitrogen and oxygen atoms in total. The van der Waals surface area contributed by atoms with E-state index in [0.29, 0.717) is 5.69 Å². The molecule has 0 bridgehead atoms. The molecule has 0 saturated heterocycles. The number of halogens is 3. The SMILES string of the molecule is O=C(Nc1ccccc1)c1cnc(C(F)(F)F)nc1. The molecule has 0 atom stereocenters.